The molecule has 154 valence electrons. The Hall–Kier alpha value is -1.11. The SMILES string of the molecule is CN=C(NCC(=O)NCCOC)NCc1cc(Cl)cc(Cl)c1OC(F)F.I. The van der Waals surface area contributed by atoms with Crippen LogP contribution < -0.4 is 20.7 Å². The lowest BCUT2D eigenvalue weighted by atomic mass is 10.2. The molecule has 0 aliphatic rings. The molecular weight excluding hydrogens is 520 g/mol. The number of alkyl halides is 2. The number of guanidine groups is 1. The number of halogens is 5. The van der Waals surface area contributed by atoms with Gasteiger partial charge in [0.25, 0.3) is 0 Å². The number of nitrogens with zero attached hydrogens (tertiary/aromatic N) is 1. The second-order valence-electron chi connectivity index (χ2n) is 4.88. The Labute approximate surface area is 183 Å². The van der Waals surface area contributed by atoms with Crippen molar-refractivity contribution in [2.45, 2.75) is 13.2 Å². The van der Waals surface area contributed by atoms with Gasteiger partial charge in [0.2, 0.25) is 5.91 Å². The lowest BCUT2D eigenvalue weighted by Gasteiger charge is -2.16. The second-order valence-corrected chi connectivity index (χ2v) is 5.72. The van der Waals surface area contributed by atoms with E-state index in [-0.39, 0.29) is 64.7 Å². The average molecular weight is 541 g/mol. The molecule has 0 spiro atoms. The standard InChI is InChI=1S/C15H20Cl2F2N4O3.HI/c1-20-15(23-8-12(24)21-3-4-25-2)22-7-9-5-10(16)6-11(17)13(9)26-14(18)19;/h5-6,14H,3-4,7-8H2,1-2H3,(H,21,24)(H2,20,22,23);1H. The van der Waals surface area contributed by atoms with Crippen LogP contribution in [-0.2, 0) is 16.1 Å². The minimum atomic E-state index is -3.03. The fourth-order valence-corrected chi connectivity index (χ4v) is 2.46. The van der Waals surface area contributed by atoms with E-state index in [1.54, 1.807) is 0 Å². The van der Waals surface area contributed by atoms with Crippen molar-refractivity contribution in [3.05, 3.63) is 27.7 Å². The van der Waals surface area contributed by atoms with Crippen LogP contribution in [0.5, 0.6) is 5.75 Å². The number of hydrogen-bond acceptors (Lipinski definition) is 4. The molecule has 0 fully saturated rings. The summed E-state index contributed by atoms with van der Waals surface area (Å²) in [7, 11) is 3.03. The van der Waals surface area contributed by atoms with Crippen molar-refractivity contribution < 1.29 is 23.0 Å². The maximum atomic E-state index is 12.6. The van der Waals surface area contributed by atoms with E-state index < -0.39 is 6.61 Å². The van der Waals surface area contributed by atoms with Crippen LogP contribution in [0.4, 0.5) is 8.78 Å². The van der Waals surface area contributed by atoms with Crippen LogP contribution in [0.25, 0.3) is 0 Å². The molecule has 0 heterocycles. The van der Waals surface area contributed by atoms with Gasteiger partial charge < -0.3 is 25.4 Å². The highest BCUT2D eigenvalue weighted by Crippen LogP contribution is 2.33. The van der Waals surface area contributed by atoms with Crippen molar-refractivity contribution in [1.29, 1.82) is 0 Å². The molecule has 1 rings (SSSR count). The summed E-state index contributed by atoms with van der Waals surface area (Å²) in [4.78, 5) is 15.6. The smallest absolute Gasteiger partial charge is 0.387 e. The molecule has 1 amide bonds. The Kier molecular flexibility index (Phi) is 13.4. The highest BCUT2D eigenvalue weighted by atomic mass is 127. The van der Waals surface area contributed by atoms with E-state index in [9.17, 15) is 13.6 Å². The first-order valence-electron chi connectivity index (χ1n) is 7.50. The Bertz CT molecular complexity index is 639. The van der Waals surface area contributed by atoms with Crippen LogP contribution in [0, 0.1) is 0 Å². The molecule has 0 aromatic heterocycles. The molecule has 0 saturated carbocycles. The van der Waals surface area contributed by atoms with Crippen LogP contribution in [0.3, 0.4) is 0 Å². The van der Waals surface area contributed by atoms with Crippen molar-refractivity contribution in [3.63, 3.8) is 0 Å². The third kappa shape index (κ3) is 10.1. The van der Waals surface area contributed by atoms with Gasteiger partial charge in [-0.2, -0.15) is 8.78 Å². The number of methoxy groups -OCH3 is 1. The van der Waals surface area contributed by atoms with Gasteiger partial charge in [-0.3, -0.25) is 9.79 Å². The molecule has 0 radical (unpaired) electrons. The van der Waals surface area contributed by atoms with E-state index in [0.717, 1.165) is 0 Å². The molecule has 3 N–H and O–H groups in total. The Balaban J connectivity index is 0.00000676. The van der Waals surface area contributed by atoms with Gasteiger partial charge in [-0.1, -0.05) is 23.2 Å². The van der Waals surface area contributed by atoms with Gasteiger partial charge in [0.05, 0.1) is 18.2 Å². The van der Waals surface area contributed by atoms with Crippen molar-refractivity contribution in [3.8, 4) is 5.75 Å². The van der Waals surface area contributed by atoms with Crippen LogP contribution in [0.15, 0.2) is 17.1 Å². The molecule has 1 aromatic rings. The van der Waals surface area contributed by atoms with Crippen molar-refractivity contribution in [2.75, 3.05) is 33.9 Å². The minimum absolute atomic E-state index is 0. The molecule has 12 heteroatoms. The summed E-state index contributed by atoms with van der Waals surface area (Å²) in [6.07, 6.45) is 0. The number of rotatable bonds is 9. The summed E-state index contributed by atoms with van der Waals surface area (Å²) >= 11 is 11.8. The zero-order chi connectivity index (χ0) is 19.5. The van der Waals surface area contributed by atoms with E-state index in [1.807, 2.05) is 0 Å². The maximum Gasteiger partial charge on any atom is 0.387 e. The Morgan fingerprint density at radius 3 is 2.56 bits per heavy atom. The number of benzene rings is 1. The number of aliphatic imine (C=N–C) groups is 1. The topological polar surface area (TPSA) is 84.0 Å². The number of carbonyl (C=O) groups excluding carboxylic acids is 1. The molecular formula is C15H21Cl2F2IN4O3. The van der Waals surface area contributed by atoms with Crippen molar-refractivity contribution in [2.24, 2.45) is 4.99 Å². The highest BCUT2D eigenvalue weighted by Gasteiger charge is 2.15. The molecule has 0 aliphatic heterocycles. The summed E-state index contributed by atoms with van der Waals surface area (Å²) in [6.45, 7) is -2.21. The van der Waals surface area contributed by atoms with E-state index in [1.165, 1.54) is 26.3 Å². The predicted molar refractivity (Wildman–Crippen MR) is 112 cm³/mol. The maximum absolute atomic E-state index is 12.6. The van der Waals surface area contributed by atoms with Gasteiger partial charge >= 0.3 is 6.61 Å². The molecule has 1 aromatic carbocycles. The summed E-state index contributed by atoms with van der Waals surface area (Å²) in [5.41, 5.74) is 0.315. The molecule has 0 aliphatic carbocycles. The van der Waals surface area contributed by atoms with E-state index >= 15 is 0 Å². The Morgan fingerprint density at radius 1 is 1.26 bits per heavy atom. The third-order valence-electron chi connectivity index (χ3n) is 3.01. The molecule has 7 nitrogen and oxygen atoms in total. The first-order chi connectivity index (χ1) is 12.4. The van der Waals surface area contributed by atoms with Gasteiger partial charge in [0.15, 0.2) is 5.96 Å². The monoisotopic (exact) mass is 540 g/mol. The largest absolute Gasteiger partial charge is 0.433 e. The van der Waals surface area contributed by atoms with Crippen molar-refractivity contribution >= 4 is 59.0 Å². The summed E-state index contributed by atoms with van der Waals surface area (Å²) in [5, 5.41) is 8.53. The van der Waals surface area contributed by atoms with Crippen LogP contribution in [0.1, 0.15) is 5.56 Å². The normalized spacial score (nSPS) is 11.0. The summed E-state index contributed by atoms with van der Waals surface area (Å²) in [6, 6.07) is 2.75. The fraction of sp³-hybridized carbons (Fsp3) is 0.467. The number of hydrogen-bond donors (Lipinski definition) is 3. The van der Waals surface area contributed by atoms with E-state index in [2.05, 4.69) is 25.7 Å². The van der Waals surface area contributed by atoms with Crippen LogP contribution in [0.2, 0.25) is 10.0 Å². The second kappa shape index (κ2) is 14.0. The van der Waals surface area contributed by atoms with Crippen LogP contribution in [-0.4, -0.2) is 52.3 Å². The minimum Gasteiger partial charge on any atom is -0.433 e. The number of nitrogens with one attached hydrogen (secondary N) is 3. The van der Waals surface area contributed by atoms with Gasteiger partial charge in [-0.25, -0.2) is 0 Å². The fourth-order valence-electron chi connectivity index (χ4n) is 1.88. The Morgan fingerprint density at radius 2 is 1.96 bits per heavy atom. The molecule has 0 unspecified atom stereocenters. The quantitative estimate of drug-likeness (QED) is 0.194. The van der Waals surface area contributed by atoms with Gasteiger partial charge in [0.1, 0.15) is 5.75 Å². The molecule has 0 atom stereocenters. The zero-order valence-corrected chi connectivity index (χ0v) is 18.5. The lowest BCUT2D eigenvalue weighted by Crippen LogP contribution is -2.43. The van der Waals surface area contributed by atoms with Gasteiger partial charge in [-0.05, 0) is 12.1 Å². The number of carbonyl (C=O) groups is 1. The van der Waals surface area contributed by atoms with Crippen LogP contribution >= 0.6 is 47.2 Å². The lowest BCUT2D eigenvalue weighted by molar-refractivity contribution is -0.120. The summed E-state index contributed by atoms with van der Waals surface area (Å²) in [5.74, 6) is -0.144. The van der Waals surface area contributed by atoms with Crippen molar-refractivity contribution in [1.82, 2.24) is 16.0 Å². The predicted octanol–water partition coefficient (Wildman–Crippen LogP) is 2.64. The first-order valence-corrected chi connectivity index (χ1v) is 8.25. The van der Waals surface area contributed by atoms with Gasteiger partial charge in [0, 0.05) is 37.8 Å². The summed E-state index contributed by atoms with van der Waals surface area (Å²) < 4.78 is 34.4. The zero-order valence-electron chi connectivity index (χ0n) is 14.7. The number of amides is 1. The van der Waals surface area contributed by atoms with E-state index in [4.69, 9.17) is 27.9 Å². The van der Waals surface area contributed by atoms with E-state index in [0.29, 0.717) is 18.7 Å². The van der Waals surface area contributed by atoms with Gasteiger partial charge in [-0.15, -0.1) is 24.0 Å². The number of ether oxygens (including phenoxy) is 2. The molecule has 27 heavy (non-hydrogen) atoms. The highest BCUT2D eigenvalue weighted by molar-refractivity contribution is 14.0. The molecule has 0 saturated heterocycles. The first kappa shape index (κ1) is 25.9. The molecule has 0 bridgehead atoms. The third-order valence-corrected chi connectivity index (χ3v) is 3.51. The average Bonchev–Trinajstić information content (AvgIpc) is 2.57.